The molecule has 0 aliphatic heterocycles. The lowest BCUT2D eigenvalue weighted by Crippen LogP contribution is -2.38. The molecule has 0 aromatic carbocycles. The van der Waals surface area contributed by atoms with Crippen molar-refractivity contribution in [3.63, 3.8) is 0 Å². The van der Waals surface area contributed by atoms with Gasteiger partial charge in [0.25, 0.3) is 5.56 Å². The SMILES string of the molecule is Cn1c(=O)c2c(nc(N)n2N)n(C)c1=O. The number of rotatable bonds is 0. The molecule has 0 atom stereocenters. The Labute approximate surface area is 83.3 Å². The Kier molecular flexibility index (Phi) is 1.63. The minimum Gasteiger partial charge on any atom is -0.368 e. The van der Waals surface area contributed by atoms with Gasteiger partial charge in [0.2, 0.25) is 5.95 Å². The van der Waals surface area contributed by atoms with E-state index in [0.29, 0.717) is 0 Å². The van der Waals surface area contributed by atoms with E-state index in [1.807, 2.05) is 0 Å². The first-order chi connectivity index (χ1) is 6.95. The van der Waals surface area contributed by atoms with Crippen molar-refractivity contribution in [3.8, 4) is 0 Å². The van der Waals surface area contributed by atoms with Crippen LogP contribution in [0.15, 0.2) is 9.59 Å². The standard InChI is InChI=1S/C7H10N6O2/c1-11-4-3(13(9)6(8)10-4)5(14)12(2)7(11)15/h9H2,1-2H3,(H2,8,10). The van der Waals surface area contributed by atoms with Crippen molar-refractivity contribution in [1.29, 1.82) is 0 Å². The molecule has 0 aliphatic rings. The molecule has 4 N–H and O–H groups in total. The van der Waals surface area contributed by atoms with E-state index < -0.39 is 11.2 Å². The van der Waals surface area contributed by atoms with Gasteiger partial charge in [0.1, 0.15) is 0 Å². The predicted octanol–water partition coefficient (Wildman–Crippen LogP) is -2.27. The predicted molar refractivity (Wildman–Crippen MR) is 54.8 cm³/mol. The van der Waals surface area contributed by atoms with Gasteiger partial charge < -0.3 is 11.6 Å². The summed E-state index contributed by atoms with van der Waals surface area (Å²) in [5.74, 6) is 5.52. The number of aryl methyl sites for hydroxylation is 1. The topological polar surface area (TPSA) is 114 Å². The number of nitrogens with two attached hydrogens (primary N) is 2. The minimum absolute atomic E-state index is 0.0108. The van der Waals surface area contributed by atoms with E-state index in [4.69, 9.17) is 11.6 Å². The summed E-state index contributed by atoms with van der Waals surface area (Å²) in [7, 11) is 2.86. The fraction of sp³-hybridized carbons (Fsp3) is 0.286. The third-order valence-corrected chi connectivity index (χ3v) is 2.32. The van der Waals surface area contributed by atoms with Gasteiger partial charge in [-0.1, -0.05) is 0 Å². The molecule has 15 heavy (non-hydrogen) atoms. The normalized spacial score (nSPS) is 11.1. The summed E-state index contributed by atoms with van der Waals surface area (Å²) in [6.45, 7) is 0. The van der Waals surface area contributed by atoms with E-state index in [0.717, 1.165) is 9.24 Å². The van der Waals surface area contributed by atoms with Crippen molar-refractivity contribution in [2.75, 3.05) is 11.6 Å². The zero-order valence-corrected chi connectivity index (χ0v) is 8.26. The smallest absolute Gasteiger partial charge is 0.332 e. The lowest BCUT2D eigenvalue weighted by molar-refractivity contribution is 0.707. The second-order valence-electron chi connectivity index (χ2n) is 3.22. The number of hydrogen-bond donors (Lipinski definition) is 2. The maximum atomic E-state index is 11.7. The number of imidazole rings is 1. The van der Waals surface area contributed by atoms with Crippen LogP contribution in [0.1, 0.15) is 0 Å². The van der Waals surface area contributed by atoms with Crippen molar-refractivity contribution < 1.29 is 0 Å². The van der Waals surface area contributed by atoms with Crippen LogP contribution in [0.2, 0.25) is 0 Å². The lowest BCUT2D eigenvalue weighted by atomic mass is 10.5. The lowest BCUT2D eigenvalue weighted by Gasteiger charge is -2.02. The molecule has 8 nitrogen and oxygen atoms in total. The Morgan fingerprint density at radius 3 is 2.40 bits per heavy atom. The third-order valence-electron chi connectivity index (χ3n) is 2.32. The number of aromatic nitrogens is 4. The van der Waals surface area contributed by atoms with Gasteiger partial charge in [-0.05, 0) is 0 Å². The van der Waals surface area contributed by atoms with E-state index in [2.05, 4.69) is 4.98 Å². The van der Waals surface area contributed by atoms with Crippen molar-refractivity contribution >= 4 is 17.1 Å². The van der Waals surface area contributed by atoms with E-state index in [9.17, 15) is 9.59 Å². The summed E-state index contributed by atoms with van der Waals surface area (Å²) in [4.78, 5) is 27.0. The van der Waals surface area contributed by atoms with Crippen LogP contribution in [0.25, 0.3) is 11.2 Å². The molecular formula is C7H10N6O2. The van der Waals surface area contributed by atoms with Crippen LogP contribution in [-0.2, 0) is 14.1 Å². The average molecular weight is 210 g/mol. The fourth-order valence-electron chi connectivity index (χ4n) is 1.43. The third kappa shape index (κ3) is 0.981. The number of fused-ring (bicyclic) bond motifs is 1. The average Bonchev–Trinajstić information content (AvgIpc) is 2.50. The van der Waals surface area contributed by atoms with Gasteiger partial charge in [0, 0.05) is 14.1 Å². The van der Waals surface area contributed by atoms with Gasteiger partial charge in [-0.3, -0.25) is 13.9 Å². The van der Waals surface area contributed by atoms with Crippen molar-refractivity contribution in [1.82, 2.24) is 18.8 Å². The van der Waals surface area contributed by atoms with Crippen LogP contribution in [0.4, 0.5) is 5.95 Å². The summed E-state index contributed by atoms with van der Waals surface area (Å²) >= 11 is 0. The molecule has 2 aromatic rings. The van der Waals surface area contributed by atoms with Gasteiger partial charge in [0.15, 0.2) is 11.2 Å². The van der Waals surface area contributed by atoms with Gasteiger partial charge >= 0.3 is 5.69 Å². The molecular weight excluding hydrogens is 200 g/mol. The van der Waals surface area contributed by atoms with E-state index >= 15 is 0 Å². The Morgan fingerprint density at radius 2 is 1.80 bits per heavy atom. The van der Waals surface area contributed by atoms with Crippen LogP contribution in [0.5, 0.6) is 0 Å². The number of nitrogen functional groups attached to an aromatic ring is 2. The first kappa shape index (κ1) is 9.31. The Balaban J connectivity index is 3.23. The molecule has 0 bridgehead atoms. The molecule has 0 radical (unpaired) electrons. The first-order valence-corrected chi connectivity index (χ1v) is 4.14. The molecule has 2 aromatic heterocycles. The van der Waals surface area contributed by atoms with Crippen LogP contribution in [0, 0.1) is 0 Å². The molecule has 0 amide bonds. The molecule has 0 fully saturated rings. The highest BCUT2D eigenvalue weighted by atomic mass is 16.2. The highest BCUT2D eigenvalue weighted by Crippen LogP contribution is 2.07. The summed E-state index contributed by atoms with van der Waals surface area (Å²) in [5, 5.41) is 0. The van der Waals surface area contributed by atoms with Crippen LogP contribution in [0.3, 0.4) is 0 Å². The first-order valence-electron chi connectivity index (χ1n) is 4.14. The summed E-state index contributed by atoms with van der Waals surface area (Å²) in [6.07, 6.45) is 0. The van der Waals surface area contributed by atoms with Crippen molar-refractivity contribution in [3.05, 3.63) is 20.8 Å². The number of anilines is 1. The van der Waals surface area contributed by atoms with Gasteiger partial charge in [0.05, 0.1) is 0 Å². The monoisotopic (exact) mass is 210 g/mol. The van der Waals surface area contributed by atoms with E-state index in [1.54, 1.807) is 0 Å². The number of nitrogens with zero attached hydrogens (tertiary/aromatic N) is 4. The van der Waals surface area contributed by atoms with Crippen LogP contribution in [-0.4, -0.2) is 18.8 Å². The quantitative estimate of drug-likeness (QED) is 0.476. The zero-order chi connectivity index (χ0) is 11.3. The molecule has 0 saturated carbocycles. The summed E-state index contributed by atoms with van der Waals surface area (Å²) < 4.78 is 3.14. The van der Waals surface area contributed by atoms with Gasteiger partial charge in [-0.25, -0.2) is 9.47 Å². The largest absolute Gasteiger partial charge is 0.368 e. The van der Waals surface area contributed by atoms with Gasteiger partial charge in [-0.2, -0.15) is 4.98 Å². The Bertz CT molecular complexity index is 661. The second-order valence-corrected chi connectivity index (χ2v) is 3.22. The summed E-state index contributed by atoms with van der Waals surface area (Å²) in [5.41, 5.74) is 4.76. The summed E-state index contributed by atoms with van der Waals surface area (Å²) in [6, 6.07) is 0. The molecule has 80 valence electrons. The zero-order valence-electron chi connectivity index (χ0n) is 8.26. The maximum Gasteiger partial charge on any atom is 0.332 e. The molecule has 0 spiro atoms. The molecule has 2 heterocycles. The van der Waals surface area contributed by atoms with Crippen molar-refractivity contribution in [2.45, 2.75) is 0 Å². The van der Waals surface area contributed by atoms with E-state index in [1.165, 1.54) is 18.7 Å². The fourth-order valence-corrected chi connectivity index (χ4v) is 1.43. The van der Waals surface area contributed by atoms with Gasteiger partial charge in [-0.15, -0.1) is 0 Å². The number of hydrogen-bond acceptors (Lipinski definition) is 5. The molecule has 2 rings (SSSR count). The van der Waals surface area contributed by atoms with Crippen molar-refractivity contribution in [2.24, 2.45) is 14.1 Å². The second kappa shape index (κ2) is 2.62. The van der Waals surface area contributed by atoms with Crippen LogP contribution >= 0.6 is 0 Å². The Morgan fingerprint density at radius 1 is 1.20 bits per heavy atom. The van der Waals surface area contributed by atoms with E-state index in [-0.39, 0.29) is 17.1 Å². The Hall–Kier alpha value is -2.25. The molecule has 0 saturated heterocycles. The molecule has 0 unspecified atom stereocenters. The highest BCUT2D eigenvalue weighted by molar-refractivity contribution is 5.73. The highest BCUT2D eigenvalue weighted by Gasteiger charge is 2.15. The maximum absolute atomic E-state index is 11.7. The van der Waals surface area contributed by atoms with Crippen LogP contribution < -0.4 is 22.8 Å². The minimum atomic E-state index is -0.514. The molecule has 8 heteroatoms. The molecule has 0 aliphatic carbocycles.